The van der Waals surface area contributed by atoms with Crippen molar-refractivity contribution in [1.82, 2.24) is 19.5 Å². The topological polar surface area (TPSA) is 97.1 Å². The number of benzene rings is 2. The van der Waals surface area contributed by atoms with Gasteiger partial charge in [0.15, 0.2) is 11.5 Å². The molecule has 1 amide bonds. The van der Waals surface area contributed by atoms with E-state index in [1.54, 1.807) is 41.3 Å². The van der Waals surface area contributed by atoms with Crippen molar-refractivity contribution >= 4 is 27.3 Å². The third kappa shape index (κ3) is 3.99. The summed E-state index contributed by atoms with van der Waals surface area (Å²) in [5.74, 6) is 1.01. The van der Waals surface area contributed by atoms with Gasteiger partial charge in [0.05, 0.1) is 23.7 Å². The molecule has 5 rings (SSSR count). The molecular formula is C25H25N5O4S. The van der Waals surface area contributed by atoms with Gasteiger partial charge in [-0.15, -0.1) is 10.2 Å². The Kier molecular flexibility index (Phi) is 5.89. The number of pyridine rings is 1. The number of ether oxygens (including phenoxy) is 1. The van der Waals surface area contributed by atoms with Crippen LogP contribution in [0.3, 0.4) is 0 Å². The van der Waals surface area contributed by atoms with Crippen LogP contribution in [0.1, 0.15) is 35.1 Å². The highest BCUT2D eigenvalue weighted by molar-refractivity contribution is 7.92. The number of sulfonamides is 1. The van der Waals surface area contributed by atoms with Gasteiger partial charge in [0, 0.05) is 25.4 Å². The molecule has 1 atom stereocenters. The van der Waals surface area contributed by atoms with Crippen LogP contribution < -0.4 is 9.04 Å². The van der Waals surface area contributed by atoms with Crippen molar-refractivity contribution in [3.05, 3.63) is 84.3 Å². The number of amides is 1. The lowest BCUT2D eigenvalue weighted by atomic mass is 10.1. The summed E-state index contributed by atoms with van der Waals surface area (Å²) >= 11 is 0. The van der Waals surface area contributed by atoms with Crippen molar-refractivity contribution in [2.75, 3.05) is 25.0 Å². The molecule has 0 N–H and O–H groups in total. The quantitative estimate of drug-likeness (QED) is 0.409. The number of rotatable bonds is 6. The summed E-state index contributed by atoms with van der Waals surface area (Å²) in [5, 5.41) is 8.55. The van der Waals surface area contributed by atoms with Crippen molar-refractivity contribution in [2.24, 2.45) is 0 Å². The Labute approximate surface area is 203 Å². The van der Waals surface area contributed by atoms with Crippen LogP contribution in [0.25, 0.3) is 5.65 Å². The molecule has 2 aromatic heterocycles. The maximum atomic E-state index is 13.4. The maximum Gasteiger partial charge on any atom is 0.264 e. The monoisotopic (exact) mass is 491 g/mol. The first-order valence-electron chi connectivity index (χ1n) is 11.2. The van der Waals surface area contributed by atoms with Crippen LogP contribution in [0.4, 0.5) is 5.69 Å². The van der Waals surface area contributed by atoms with Crippen LogP contribution in [0, 0.1) is 0 Å². The number of anilines is 1. The maximum absolute atomic E-state index is 13.4. The molecule has 1 fully saturated rings. The van der Waals surface area contributed by atoms with Crippen molar-refractivity contribution in [3.8, 4) is 5.75 Å². The highest BCUT2D eigenvalue weighted by Crippen LogP contribution is 2.33. The smallest absolute Gasteiger partial charge is 0.264 e. The van der Waals surface area contributed by atoms with E-state index in [4.69, 9.17) is 4.74 Å². The SMILES string of the molecule is COc1ccccc1N(C)S(=O)(=O)c1ccc(C(=O)N2CCC[C@H]2c2nnc3ccccn23)cc1. The summed E-state index contributed by atoms with van der Waals surface area (Å²) in [6.07, 6.45) is 3.54. The highest BCUT2D eigenvalue weighted by Gasteiger charge is 2.34. The molecule has 0 bridgehead atoms. The summed E-state index contributed by atoms with van der Waals surface area (Å²) in [6, 6.07) is 18.4. The summed E-state index contributed by atoms with van der Waals surface area (Å²) in [5.41, 5.74) is 1.58. The average Bonchev–Trinajstić information content (AvgIpc) is 3.55. The Morgan fingerprint density at radius 2 is 1.77 bits per heavy atom. The minimum Gasteiger partial charge on any atom is -0.495 e. The number of aromatic nitrogens is 3. The number of carbonyl (C=O) groups excluding carboxylic acids is 1. The predicted molar refractivity (Wildman–Crippen MR) is 131 cm³/mol. The molecule has 9 nitrogen and oxygen atoms in total. The zero-order chi connectivity index (χ0) is 24.6. The third-order valence-electron chi connectivity index (χ3n) is 6.34. The molecule has 180 valence electrons. The first kappa shape index (κ1) is 22.9. The van der Waals surface area contributed by atoms with Gasteiger partial charge in [-0.25, -0.2) is 8.42 Å². The Balaban J connectivity index is 1.39. The molecule has 0 radical (unpaired) electrons. The van der Waals surface area contributed by atoms with Gasteiger partial charge in [0.1, 0.15) is 5.75 Å². The second-order valence-corrected chi connectivity index (χ2v) is 10.3. The van der Waals surface area contributed by atoms with Crippen LogP contribution in [0.2, 0.25) is 0 Å². The van der Waals surface area contributed by atoms with Crippen LogP contribution >= 0.6 is 0 Å². The fourth-order valence-electron chi connectivity index (χ4n) is 4.48. The second-order valence-electron chi connectivity index (χ2n) is 8.31. The van der Waals surface area contributed by atoms with Crippen molar-refractivity contribution in [3.63, 3.8) is 0 Å². The molecule has 1 aliphatic rings. The van der Waals surface area contributed by atoms with Gasteiger partial charge < -0.3 is 9.64 Å². The molecule has 0 aliphatic carbocycles. The lowest BCUT2D eigenvalue weighted by Gasteiger charge is -2.24. The van der Waals surface area contributed by atoms with E-state index in [0.717, 1.165) is 24.3 Å². The second kappa shape index (κ2) is 9.03. The van der Waals surface area contributed by atoms with Gasteiger partial charge in [-0.3, -0.25) is 13.5 Å². The van der Waals surface area contributed by atoms with E-state index in [2.05, 4.69) is 10.2 Å². The Hall–Kier alpha value is -3.92. The minimum absolute atomic E-state index is 0.0869. The fourth-order valence-corrected chi connectivity index (χ4v) is 5.68. The number of hydrogen-bond donors (Lipinski definition) is 0. The molecular weight excluding hydrogens is 466 g/mol. The number of methoxy groups -OCH3 is 1. The van der Waals surface area contributed by atoms with Crippen LogP contribution in [0.5, 0.6) is 5.75 Å². The fraction of sp³-hybridized carbons (Fsp3) is 0.240. The number of likely N-dealkylation sites (tertiary alicyclic amines) is 1. The molecule has 3 heterocycles. The molecule has 0 unspecified atom stereocenters. The molecule has 1 saturated heterocycles. The first-order chi connectivity index (χ1) is 16.9. The highest BCUT2D eigenvalue weighted by atomic mass is 32.2. The van der Waals surface area contributed by atoms with Gasteiger partial charge in [0.2, 0.25) is 0 Å². The molecule has 4 aromatic rings. The van der Waals surface area contributed by atoms with Crippen molar-refractivity contribution < 1.29 is 17.9 Å². The van der Waals surface area contributed by atoms with Crippen LogP contribution in [-0.4, -0.2) is 54.5 Å². The van der Waals surface area contributed by atoms with E-state index < -0.39 is 10.0 Å². The van der Waals surface area contributed by atoms with Gasteiger partial charge in [-0.1, -0.05) is 18.2 Å². The number of hydrogen-bond acceptors (Lipinski definition) is 6. The van der Waals surface area contributed by atoms with E-state index in [-0.39, 0.29) is 16.8 Å². The average molecular weight is 492 g/mol. The molecule has 10 heteroatoms. The van der Waals surface area contributed by atoms with Crippen LogP contribution in [0.15, 0.2) is 77.8 Å². The van der Waals surface area contributed by atoms with Crippen molar-refractivity contribution in [1.29, 1.82) is 0 Å². The lowest BCUT2D eigenvalue weighted by Crippen LogP contribution is -2.31. The molecule has 0 saturated carbocycles. The van der Waals surface area contributed by atoms with E-state index in [1.807, 2.05) is 28.8 Å². The Morgan fingerprint density at radius 3 is 2.54 bits per heavy atom. The largest absolute Gasteiger partial charge is 0.495 e. The normalized spacial score (nSPS) is 15.9. The summed E-state index contributed by atoms with van der Waals surface area (Å²) in [6.45, 7) is 0.599. The van der Waals surface area contributed by atoms with Gasteiger partial charge >= 0.3 is 0 Å². The summed E-state index contributed by atoms with van der Waals surface area (Å²) in [4.78, 5) is 15.3. The van der Waals surface area contributed by atoms with E-state index in [0.29, 0.717) is 23.5 Å². The number of nitrogens with zero attached hydrogens (tertiary/aromatic N) is 5. The summed E-state index contributed by atoms with van der Waals surface area (Å²) in [7, 11) is -0.880. The summed E-state index contributed by atoms with van der Waals surface area (Å²) < 4.78 is 34.8. The van der Waals surface area contributed by atoms with Gasteiger partial charge in [-0.2, -0.15) is 0 Å². The van der Waals surface area contributed by atoms with E-state index in [9.17, 15) is 13.2 Å². The lowest BCUT2D eigenvalue weighted by molar-refractivity contribution is 0.0729. The molecule has 2 aromatic carbocycles. The zero-order valence-electron chi connectivity index (χ0n) is 19.4. The predicted octanol–water partition coefficient (Wildman–Crippen LogP) is 3.54. The number of para-hydroxylation sites is 2. The molecule has 0 spiro atoms. The third-order valence-corrected chi connectivity index (χ3v) is 8.12. The molecule has 35 heavy (non-hydrogen) atoms. The standard InChI is InChI=1S/C25H25N5O4S/c1-28(20-8-3-4-10-22(20)34-2)35(32,33)19-14-12-18(13-15-19)25(31)29-17-7-9-21(29)24-27-26-23-11-5-6-16-30(23)24/h3-6,8,10-16,21H,7,9,17H2,1-2H3/t21-/m0/s1. The van der Waals surface area contributed by atoms with Crippen molar-refractivity contribution in [2.45, 2.75) is 23.8 Å². The van der Waals surface area contributed by atoms with Gasteiger partial charge in [-0.05, 0) is 61.4 Å². The van der Waals surface area contributed by atoms with Gasteiger partial charge in [0.25, 0.3) is 15.9 Å². The minimum atomic E-state index is -3.85. The zero-order valence-corrected chi connectivity index (χ0v) is 20.2. The first-order valence-corrected chi connectivity index (χ1v) is 12.7. The van der Waals surface area contributed by atoms with Crippen LogP contribution in [-0.2, 0) is 10.0 Å². The number of carbonyl (C=O) groups is 1. The van der Waals surface area contributed by atoms with E-state index >= 15 is 0 Å². The Bertz CT molecular complexity index is 1480. The van der Waals surface area contributed by atoms with E-state index in [1.165, 1.54) is 30.6 Å². The number of fused-ring (bicyclic) bond motifs is 1. The molecule has 1 aliphatic heterocycles. The Morgan fingerprint density at radius 1 is 1.03 bits per heavy atom.